The second-order valence-corrected chi connectivity index (χ2v) is 4.00. The van der Waals surface area contributed by atoms with Crippen molar-refractivity contribution in [3.8, 4) is 0 Å². The highest BCUT2D eigenvalue weighted by Gasteiger charge is 2.19. The van der Waals surface area contributed by atoms with E-state index in [4.69, 9.17) is 5.73 Å². The van der Waals surface area contributed by atoms with Crippen molar-refractivity contribution in [1.29, 1.82) is 0 Å². The highest BCUT2D eigenvalue weighted by Crippen LogP contribution is 2.23. The van der Waals surface area contributed by atoms with Gasteiger partial charge in [-0.15, -0.1) is 0 Å². The Morgan fingerprint density at radius 3 is 2.92 bits per heavy atom. The summed E-state index contributed by atoms with van der Waals surface area (Å²) in [6.07, 6.45) is 1.12. The number of hydrogen-bond acceptors (Lipinski definition) is 2. The first-order valence-electron chi connectivity index (χ1n) is 4.74. The zero-order chi connectivity index (χ0) is 9.42. The molecular formula is C11H16N2. The van der Waals surface area contributed by atoms with Crippen molar-refractivity contribution in [3.63, 3.8) is 0 Å². The van der Waals surface area contributed by atoms with Gasteiger partial charge >= 0.3 is 0 Å². The fourth-order valence-electron chi connectivity index (χ4n) is 1.89. The smallest absolute Gasteiger partial charge is 0.0316 e. The topological polar surface area (TPSA) is 29.3 Å². The summed E-state index contributed by atoms with van der Waals surface area (Å²) in [5, 5.41) is 0. The van der Waals surface area contributed by atoms with Gasteiger partial charge in [-0.1, -0.05) is 6.07 Å². The van der Waals surface area contributed by atoms with Crippen molar-refractivity contribution >= 4 is 5.69 Å². The third-order valence-electron chi connectivity index (χ3n) is 2.92. The third-order valence-corrected chi connectivity index (χ3v) is 2.92. The molecule has 0 amide bonds. The fraction of sp³-hybridized carbons (Fsp3) is 0.455. The molecule has 0 saturated heterocycles. The van der Waals surface area contributed by atoms with Crippen LogP contribution in [0.4, 0.5) is 5.69 Å². The summed E-state index contributed by atoms with van der Waals surface area (Å²) in [5.74, 6) is 0. The summed E-state index contributed by atoms with van der Waals surface area (Å²) in [6.45, 7) is 3.31. The van der Waals surface area contributed by atoms with Crippen molar-refractivity contribution in [3.05, 3.63) is 29.3 Å². The van der Waals surface area contributed by atoms with Crippen LogP contribution in [0.2, 0.25) is 0 Å². The van der Waals surface area contributed by atoms with Gasteiger partial charge in [-0.05, 0) is 43.7 Å². The number of anilines is 1. The molecule has 0 bridgehead atoms. The maximum atomic E-state index is 5.75. The van der Waals surface area contributed by atoms with Crippen LogP contribution in [-0.2, 0) is 13.0 Å². The number of rotatable bonds is 0. The zero-order valence-corrected chi connectivity index (χ0v) is 8.25. The second-order valence-electron chi connectivity index (χ2n) is 4.00. The molecule has 0 fully saturated rings. The summed E-state index contributed by atoms with van der Waals surface area (Å²) in [5.41, 5.74) is 9.48. The molecule has 2 rings (SSSR count). The van der Waals surface area contributed by atoms with Gasteiger partial charge in [-0.25, -0.2) is 0 Å². The number of nitrogens with two attached hydrogens (primary N) is 1. The quantitative estimate of drug-likeness (QED) is 0.609. The maximum Gasteiger partial charge on any atom is 0.0316 e. The minimum atomic E-state index is 0.634. The molecule has 1 heterocycles. The average Bonchev–Trinajstić information content (AvgIpc) is 2.08. The Bertz CT molecular complexity index is 320. The Balaban J connectivity index is 2.37. The first-order valence-corrected chi connectivity index (χ1v) is 4.74. The van der Waals surface area contributed by atoms with E-state index < -0.39 is 0 Å². The van der Waals surface area contributed by atoms with E-state index in [1.165, 1.54) is 11.1 Å². The third kappa shape index (κ3) is 1.54. The molecule has 2 nitrogen and oxygen atoms in total. The van der Waals surface area contributed by atoms with Gasteiger partial charge in [0.25, 0.3) is 0 Å². The van der Waals surface area contributed by atoms with Gasteiger partial charge in [0.1, 0.15) is 0 Å². The Labute approximate surface area is 79.4 Å². The molecule has 2 heteroatoms. The van der Waals surface area contributed by atoms with Crippen LogP contribution in [0.1, 0.15) is 18.1 Å². The number of nitrogens with zero attached hydrogens (tertiary/aromatic N) is 1. The molecule has 1 aliphatic rings. The van der Waals surface area contributed by atoms with Crippen LogP contribution in [0.5, 0.6) is 0 Å². The van der Waals surface area contributed by atoms with Crippen LogP contribution in [0.15, 0.2) is 18.2 Å². The van der Waals surface area contributed by atoms with E-state index in [1.807, 2.05) is 6.07 Å². The van der Waals surface area contributed by atoms with E-state index in [1.54, 1.807) is 0 Å². The molecule has 1 atom stereocenters. The molecule has 2 N–H and O–H groups in total. The van der Waals surface area contributed by atoms with Gasteiger partial charge in [0.05, 0.1) is 0 Å². The number of hydrogen-bond donors (Lipinski definition) is 1. The van der Waals surface area contributed by atoms with Crippen LogP contribution < -0.4 is 5.73 Å². The minimum Gasteiger partial charge on any atom is -0.399 e. The normalized spacial score (nSPS) is 22.8. The van der Waals surface area contributed by atoms with Crippen LogP contribution >= 0.6 is 0 Å². The lowest BCUT2D eigenvalue weighted by molar-refractivity contribution is 0.231. The summed E-state index contributed by atoms with van der Waals surface area (Å²) in [4.78, 5) is 2.37. The number of fused-ring (bicyclic) bond motifs is 1. The average molecular weight is 176 g/mol. The zero-order valence-electron chi connectivity index (χ0n) is 8.25. The maximum absolute atomic E-state index is 5.75. The van der Waals surface area contributed by atoms with E-state index in [0.29, 0.717) is 6.04 Å². The van der Waals surface area contributed by atoms with Gasteiger partial charge in [0, 0.05) is 18.3 Å². The molecular weight excluding hydrogens is 160 g/mol. The van der Waals surface area contributed by atoms with E-state index in [-0.39, 0.29) is 0 Å². The van der Waals surface area contributed by atoms with Crippen molar-refractivity contribution < 1.29 is 0 Å². The predicted octanol–water partition coefficient (Wildman–Crippen LogP) is 1.65. The fourth-order valence-corrected chi connectivity index (χ4v) is 1.89. The number of likely N-dealkylation sites (N-methyl/N-ethyl adjacent to an activating group) is 1. The van der Waals surface area contributed by atoms with E-state index in [2.05, 4.69) is 31.0 Å². The molecule has 0 spiro atoms. The Hall–Kier alpha value is -1.02. The van der Waals surface area contributed by atoms with Crippen molar-refractivity contribution in [2.45, 2.75) is 25.9 Å². The van der Waals surface area contributed by atoms with Crippen LogP contribution in [0, 0.1) is 0 Å². The molecule has 0 aliphatic carbocycles. The molecule has 0 saturated carbocycles. The Kier molecular flexibility index (Phi) is 2.00. The standard InChI is InChI=1S/C11H16N2/c1-8-5-10-6-11(12)4-3-9(10)7-13(8)2/h3-4,6,8H,5,7,12H2,1-2H3/t8-/m1/s1. The van der Waals surface area contributed by atoms with E-state index in [9.17, 15) is 0 Å². The van der Waals surface area contributed by atoms with Crippen LogP contribution in [0.25, 0.3) is 0 Å². The molecule has 0 unspecified atom stereocenters. The Morgan fingerprint density at radius 1 is 1.38 bits per heavy atom. The molecule has 1 aromatic carbocycles. The van der Waals surface area contributed by atoms with Gasteiger partial charge < -0.3 is 5.73 Å². The van der Waals surface area contributed by atoms with E-state index >= 15 is 0 Å². The molecule has 1 aromatic rings. The van der Waals surface area contributed by atoms with Crippen molar-refractivity contribution in [2.24, 2.45) is 0 Å². The summed E-state index contributed by atoms with van der Waals surface area (Å²) >= 11 is 0. The van der Waals surface area contributed by atoms with Gasteiger partial charge in [0.15, 0.2) is 0 Å². The van der Waals surface area contributed by atoms with Crippen LogP contribution in [0.3, 0.4) is 0 Å². The van der Waals surface area contributed by atoms with Gasteiger partial charge in [-0.2, -0.15) is 0 Å². The number of nitrogen functional groups attached to an aromatic ring is 1. The highest BCUT2D eigenvalue weighted by atomic mass is 15.1. The van der Waals surface area contributed by atoms with Crippen molar-refractivity contribution in [1.82, 2.24) is 4.90 Å². The molecule has 0 radical (unpaired) electrons. The summed E-state index contributed by atoms with van der Waals surface area (Å²) in [7, 11) is 2.17. The lowest BCUT2D eigenvalue weighted by atomic mass is 9.95. The van der Waals surface area contributed by atoms with Gasteiger partial charge in [0.2, 0.25) is 0 Å². The predicted molar refractivity (Wildman–Crippen MR) is 55.5 cm³/mol. The SMILES string of the molecule is C[C@@H]1Cc2cc(N)ccc2CN1C. The molecule has 70 valence electrons. The first-order chi connectivity index (χ1) is 6.16. The molecule has 1 aliphatic heterocycles. The molecule has 13 heavy (non-hydrogen) atoms. The molecule has 0 aromatic heterocycles. The second kappa shape index (κ2) is 3.04. The van der Waals surface area contributed by atoms with Crippen molar-refractivity contribution in [2.75, 3.05) is 12.8 Å². The monoisotopic (exact) mass is 176 g/mol. The highest BCUT2D eigenvalue weighted by molar-refractivity contribution is 5.45. The lowest BCUT2D eigenvalue weighted by Gasteiger charge is -2.31. The first kappa shape index (κ1) is 8.57. The van der Waals surface area contributed by atoms with Crippen LogP contribution in [-0.4, -0.2) is 18.0 Å². The minimum absolute atomic E-state index is 0.634. The summed E-state index contributed by atoms with van der Waals surface area (Å²) in [6, 6.07) is 6.88. The largest absolute Gasteiger partial charge is 0.399 e. The number of benzene rings is 1. The Morgan fingerprint density at radius 2 is 2.15 bits per heavy atom. The summed E-state index contributed by atoms with van der Waals surface area (Å²) < 4.78 is 0. The van der Waals surface area contributed by atoms with Gasteiger partial charge in [-0.3, -0.25) is 4.90 Å². The lowest BCUT2D eigenvalue weighted by Crippen LogP contribution is -2.34. The van der Waals surface area contributed by atoms with E-state index in [0.717, 1.165) is 18.7 Å².